The number of hydrogen-bond acceptors (Lipinski definition) is 6. The molecule has 114 valence electrons. The molecule has 3 rings (SSSR count). The monoisotopic (exact) mass is 341 g/mol. The average molecular weight is 341 g/mol. The van der Waals surface area contributed by atoms with E-state index in [0.29, 0.717) is 15.5 Å². The molecule has 0 spiro atoms. The van der Waals surface area contributed by atoms with E-state index < -0.39 is 5.97 Å². The summed E-state index contributed by atoms with van der Waals surface area (Å²) < 4.78 is 5.74. The van der Waals surface area contributed by atoms with Crippen LogP contribution in [0.5, 0.6) is 5.88 Å². The first-order valence-electron chi connectivity index (χ1n) is 6.72. The largest absolute Gasteiger partial charge is 0.403 e. The summed E-state index contributed by atoms with van der Waals surface area (Å²) in [5.74, 6) is -0.269. The van der Waals surface area contributed by atoms with Crippen molar-refractivity contribution >= 4 is 34.2 Å². The van der Waals surface area contributed by atoms with Crippen molar-refractivity contribution in [1.82, 2.24) is 4.98 Å². The van der Waals surface area contributed by atoms with Crippen LogP contribution >= 0.6 is 23.1 Å². The van der Waals surface area contributed by atoms with Crippen LogP contribution in [0.1, 0.15) is 20.7 Å². The van der Waals surface area contributed by atoms with E-state index in [2.05, 4.69) is 4.98 Å². The minimum atomic E-state index is -0.471. The molecule has 0 N–H and O–H groups in total. The fourth-order valence-electron chi connectivity index (χ4n) is 1.78. The van der Waals surface area contributed by atoms with E-state index in [9.17, 15) is 9.59 Å². The van der Waals surface area contributed by atoms with E-state index >= 15 is 0 Å². The highest BCUT2D eigenvalue weighted by Gasteiger charge is 2.14. The van der Waals surface area contributed by atoms with Crippen molar-refractivity contribution in [1.29, 1.82) is 0 Å². The number of carbonyl (C=O) groups is 2. The highest BCUT2D eigenvalue weighted by Crippen LogP contribution is 2.29. The van der Waals surface area contributed by atoms with Gasteiger partial charge in [-0.25, -0.2) is 4.79 Å². The van der Waals surface area contributed by atoms with E-state index in [-0.39, 0.29) is 11.0 Å². The van der Waals surface area contributed by atoms with Gasteiger partial charge in [0, 0.05) is 5.56 Å². The van der Waals surface area contributed by atoms with Gasteiger partial charge in [0.1, 0.15) is 0 Å². The molecule has 0 atom stereocenters. The van der Waals surface area contributed by atoms with Gasteiger partial charge >= 0.3 is 5.97 Å². The van der Waals surface area contributed by atoms with Crippen LogP contribution in [-0.2, 0) is 0 Å². The molecule has 3 aromatic rings. The van der Waals surface area contributed by atoms with Crippen LogP contribution in [0.15, 0.2) is 70.4 Å². The molecule has 0 aliphatic carbocycles. The number of hydrogen-bond donors (Lipinski definition) is 0. The smallest absolute Gasteiger partial charge is 0.344 e. The lowest BCUT2D eigenvalue weighted by Gasteiger charge is -2.00. The summed E-state index contributed by atoms with van der Waals surface area (Å²) in [7, 11) is 0. The Labute approximate surface area is 141 Å². The molecular formula is C17H11NO3S2. The van der Waals surface area contributed by atoms with Crippen molar-refractivity contribution in [3.8, 4) is 5.88 Å². The molecule has 1 aromatic heterocycles. The molecule has 2 aromatic carbocycles. The standard InChI is InChI=1S/C17H11NO3S2/c19-15(12-7-3-1-4-8-12)21-14-11-22-17(18-14)23-16(20)13-9-5-2-6-10-13/h1-11H. The van der Waals surface area contributed by atoms with Crippen molar-refractivity contribution < 1.29 is 14.3 Å². The number of thioether (sulfide) groups is 1. The van der Waals surface area contributed by atoms with Gasteiger partial charge < -0.3 is 4.74 Å². The number of thiazole rings is 1. The van der Waals surface area contributed by atoms with Gasteiger partial charge in [0.15, 0.2) is 4.34 Å². The molecule has 0 amide bonds. The lowest BCUT2D eigenvalue weighted by molar-refractivity contribution is 0.0728. The first-order valence-corrected chi connectivity index (χ1v) is 8.42. The Morgan fingerprint density at radius 1 is 0.913 bits per heavy atom. The van der Waals surface area contributed by atoms with Gasteiger partial charge in [0.25, 0.3) is 0 Å². The third-order valence-corrected chi connectivity index (χ3v) is 4.70. The van der Waals surface area contributed by atoms with Crippen molar-refractivity contribution in [2.24, 2.45) is 0 Å². The average Bonchev–Trinajstić information content (AvgIpc) is 3.03. The van der Waals surface area contributed by atoms with Crippen LogP contribution in [0.4, 0.5) is 0 Å². The van der Waals surface area contributed by atoms with E-state index in [4.69, 9.17) is 4.74 Å². The van der Waals surface area contributed by atoms with Gasteiger partial charge in [0.2, 0.25) is 11.0 Å². The molecule has 0 saturated carbocycles. The molecule has 4 nitrogen and oxygen atoms in total. The van der Waals surface area contributed by atoms with Gasteiger partial charge in [0.05, 0.1) is 10.9 Å². The zero-order valence-corrected chi connectivity index (χ0v) is 13.5. The molecule has 23 heavy (non-hydrogen) atoms. The molecule has 0 fully saturated rings. The number of benzene rings is 2. The minimum absolute atomic E-state index is 0.0964. The zero-order valence-electron chi connectivity index (χ0n) is 11.8. The number of esters is 1. The molecule has 6 heteroatoms. The molecule has 0 aliphatic rings. The van der Waals surface area contributed by atoms with Crippen LogP contribution in [0.2, 0.25) is 0 Å². The SMILES string of the molecule is O=C(Oc1csc(SC(=O)c2ccccc2)n1)c1ccccc1. The maximum absolute atomic E-state index is 12.1. The number of aromatic nitrogens is 1. The number of carbonyl (C=O) groups excluding carboxylic acids is 2. The van der Waals surface area contributed by atoms with Gasteiger partial charge in [-0.1, -0.05) is 48.5 Å². The van der Waals surface area contributed by atoms with Crippen molar-refractivity contribution in [3.63, 3.8) is 0 Å². The maximum Gasteiger partial charge on any atom is 0.344 e. The minimum Gasteiger partial charge on any atom is -0.403 e. The lowest BCUT2D eigenvalue weighted by Crippen LogP contribution is -2.08. The van der Waals surface area contributed by atoms with E-state index in [1.54, 1.807) is 41.8 Å². The van der Waals surface area contributed by atoms with Crippen molar-refractivity contribution in [2.45, 2.75) is 4.34 Å². The molecule has 0 aliphatic heterocycles. The Kier molecular flexibility index (Phi) is 4.85. The number of rotatable bonds is 4. The number of nitrogens with zero attached hydrogens (tertiary/aromatic N) is 1. The predicted molar refractivity (Wildman–Crippen MR) is 90.1 cm³/mol. The van der Waals surface area contributed by atoms with Crippen molar-refractivity contribution in [2.75, 3.05) is 0 Å². The van der Waals surface area contributed by atoms with E-state index in [1.807, 2.05) is 24.3 Å². The predicted octanol–water partition coefficient (Wildman–Crippen LogP) is 4.29. The highest BCUT2D eigenvalue weighted by molar-refractivity contribution is 8.15. The summed E-state index contributed by atoms with van der Waals surface area (Å²) in [6.45, 7) is 0. The van der Waals surface area contributed by atoms with Crippen LogP contribution < -0.4 is 4.74 Å². The maximum atomic E-state index is 12.1. The first kappa shape index (κ1) is 15.5. The summed E-state index contributed by atoms with van der Waals surface area (Å²) in [4.78, 5) is 28.2. The summed E-state index contributed by atoms with van der Waals surface area (Å²) in [6, 6.07) is 17.7. The Bertz CT molecular complexity index is 748. The van der Waals surface area contributed by atoms with E-state index in [0.717, 1.165) is 11.8 Å². The van der Waals surface area contributed by atoms with Gasteiger partial charge in [-0.15, -0.1) is 11.3 Å². The summed E-state index contributed by atoms with van der Waals surface area (Å²) in [5, 5.41) is 1.52. The second-order valence-corrected chi connectivity index (χ2v) is 6.54. The fourth-order valence-corrected chi connectivity index (χ4v) is 3.33. The second kappa shape index (κ2) is 7.21. The third-order valence-electron chi connectivity index (χ3n) is 2.86. The molecule has 0 saturated heterocycles. The molecule has 0 radical (unpaired) electrons. The third kappa shape index (κ3) is 4.06. The molecule has 1 heterocycles. The Balaban J connectivity index is 1.64. The zero-order chi connectivity index (χ0) is 16.1. The topological polar surface area (TPSA) is 56.3 Å². The van der Waals surface area contributed by atoms with Gasteiger partial charge in [-0.2, -0.15) is 4.98 Å². The van der Waals surface area contributed by atoms with Crippen LogP contribution in [-0.4, -0.2) is 16.1 Å². The Morgan fingerprint density at radius 2 is 1.52 bits per heavy atom. The van der Waals surface area contributed by atoms with Gasteiger partial charge in [-0.05, 0) is 23.9 Å². The lowest BCUT2D eigenvalue weighted by atomic mass is 10.2. The molecule has 0 unspecified atom stereocenters. The summed E-state index contributed by atoms with van der Waals surface area (Å²) in [5.41, 5.74) is 1.06. The van der Waals surface area contributed by atoms with Crippen molar-refractivity contribution in [3.05, 3.63) is 77.2 Å². The fraction of sp³-hybridized carbons (Fsp3) is 0. The Morgan fingerprint density at radius 3 is 2.17 bits per heavy atom. The van der Waals surface area contributed by atoms with Gasteiger partial charge in [-0.3, -0.25) is 4.79 Å². The summed E-state index contributed by atoms with van der Waals surface area (Å²) in [6.07, 6.45) is 0. The Hall–Kier alpha value is -2.44. The van der Waals surface area contributed by atoms with Crippen LogP contribution in [0.25, 0.3) is 0 Å². The second-order valence-electron chi connectivity index (χ2n) is 4.46. The van der Waals surface area contributed by atoms with E-state index in [1.165, 1.54) is 11.3 Å². The quantitative estimate of drug-likeness (QED) is 0.523. The number of ether oxygens (including phenoxy) is 1. The highest BCUT2D eigenvalue weighted by atomic mass is 32.2. The normalized spacial score (nSPS) is 10.3. The first-order chi connectivity index (χ1) is 11.2. The molecular weight excluding hydrogens is 330 g/mol. The van der Waals surface area contributed by atoms with Crippen LogP contribution in [0, 0.1) is 0 Å². The summed E-state index contributed by atoms with van der Waals surface area (Å²) >= 11 is 2.28. The van der Waals surface area contributed by atoms with Crippen LogP contribution in [0.3, 0.4) is 0 Å². The molecule has 0 bridgehead atoms.